The molecule has 0 spiro atoms. The molecule has 1 saturated heterocycles. The summed E-state index contributed by atoms with van der Waals surface area (Å²) >= 11 is 0. The van der Waals surface area contributed by atoms with E-state index in [0.717, 1.165) is 0 Å². The monoisotopic (exact) mass is 218 g/mol. The van der Waals surface area contributed by atoms with E-state index in [2.05, 4.69) is 9.97 Å². The molecule has 6 heteroatoms. The second-order valence-corrected chi connectivity index (χ2v) is 3.61. The van der Waals surface area contributed by atoms with Crippen molar-refractivity contribution in [1.29, 1.82) is 5.26 Å². The maximum Gasteiger partial charge on any atom is 0.308 e. The zero-order valence-corrected chi connectivity index (χ0v) is 8.50. The zero-order valence-electron chi connectivity index (χ0n) is 8.50. The van der Waals surface area contributed by atoms with Crippen LogP contribution in [0.2, 0.25) is 0 Å². The van der Waals surface area contributed by atoms with Gasteiger partial charge in [-0.2, -0.15) is 5.26 Å². The minimum atomic E-state index is -0.801. The van der Waals surface area contributed by atoms with Crippen LogP contribution in [0.15, 0.2) is 12.4 Å². The summed E-state index contributed by atoms with van der Waals surface area (Å²) < 4.78 is 0. The molecule has 16 heavy (non-hydrogen) atoms. The lowest BCUT2D eigenvalue weighted by Gasteiger charge is -2.16. The molecule has 0 radical (unpaired) electrons. The largest absolute Gasteiger partial charge is 0.481 e. The van der Waals surface area contributed by atoms with Gasteiger partial charge in [-0.25, -0.2) is 9.97 Å². The van der Waals surface area contributed by atoms with Crippen LogP contribution < -0.4 is 4.90 Å². The van der Waals surface area contributed by atoms with E-state index in [1.807, 2.05) is 6.07 Å². The van der Waals surface area contributed by atoms with E-state index in [1.165, 1.54) is 12.4 Å². The first-order valence-electron chi connectivity index (χ1n) is 4.91. The number of carbonyl (C=O) groups is 1. The molecule has 1 unspecified atom stereocenters. The van der Waals surface area contributed by atoms with Gasteiger partial charge in [0.25, 0.3) is 0 Å². The third-order valence-electron chi connectivity index (χ3n) is 2.62. The lowest BCUT2D eigenvalue weighted by molar-refractivity contribution is -0.140. The smallest absolute Gasteiger partial charge is 0.308 e. The minimum Gasteiger partial charge on any atom is -0.481 e. The van der Waals surface area contributed by atoms with Gasteiger partial charge in [-0.15, -0.1) is 0 Å². The van der Waals surface area contributed by atoms with Gasteiger partial charge in [0, 0.05) is 25.5 Å². The number of aromatic nitrogens is 2. The Kier molecular flexibility index (Phi) is 2.68. The minimum absolute atomic E-state index is 0.244. The molecule has 0 bridgehead atoms. The van der Waals surface area contributed by atoms with E-state index < -0.39 is 5.97 Å². The van der Waals surface area contributed by atoms with Crippen LogP contribution in [0.3, 0.4) is 0 Å². The van der Waals surface area contributed by atoms with E-state index in [0.29, 0.717) is 25.3 Å². The molecule has 1 aromatic heterocycles. The van der Waals surface area contributed by atoms with Crippen LogP contribution in [0.5, 0.6) is 0 Å². The van der Waals surface area contributed by atoms with Crippen molar-refractivity contribution >= 4 is 11.8 Å². The van der Waals surface area contributed by atoms with Crippen LogP contribution in [-0.4, -0.2) is 34.1 Å². The summed E-state index contributed by atoms with van der Waals surface area (Å²) in [7, 11) is 0. The molecule has 0 aliphatic carbocycles. The van der Waals surface area contributed by atoms with Crippen LogP contribution in [0, 0.1) is 17.2 Å². The molecular formula is C10H10N4O2. The number of nitrogens with zero attached hydrogens (tertiary/aromatic N) is 4. The van der Waals surface area contributed by atoms with E-state index in [4.69, 9.17) is 10.4 Å². The molecule has 1 fully saturated rings. The van der Waals surface area contributed by atoms with Crippen molar-refractivity contribution in [2.75, 3.05) is 18.0 Å². The molecule has 1 aromatic rings. The summed E-state index contributed by atoms with van der Waals surface area (Å²) in [4.78, 5) is 20.6. The lowest BCUT2D eigenvalue weighted by atomic mass is 10.1. The van der Waals surface area contributed by atoms with Crippen LogP contribution in [0.25, 0.3) is 0 Å². The number of aliphatic carboxylic acids is 1. The van der Waals surface area contributed by atoms with Gasteiger partial charge < -0.3 is 10.0 Å². The zero-order chi connectivity index (χ0) is 11.5. The first-order valence-corrected chi connectivity index (χ1v) is 4.91. The number of anilines is 1. The molecule has 0 amide bonds. The third-order valence-corrected chi connectivity index (χ3v) is 2.62. The van der Waals surface area contributed by atoms with Gasteiger partial charge >= 0.3 is 5.97 Å². The Morgan fingerprint density at radius 1 is 1.56 bits per heavy atom. The summed E-state index contributed by atoms with van der Waals surface area (Å²) in [6.45, 7) is 0.993. The van der Waals surface area contributed by atoms with Crippen LogP contribution in [-0.2, 0) is 4.79 Å². The third kappa shape index (κ3) is 1.80. The van der Waals surface area contributed by atoms with Crippen molar-refractivity contribution in [2.24, 2.45) is 5.92 Å². The van der Waals surface area contributed by atoms with E-state index in [9.17, 15) is 4.79 Å². The summed E-state index contributed by atoms with van der Waals surface area (Å²) in [5, 5.41) is 17.7. The molecule has 0 aromatic carbocycles. The number of carboxylic acid groups (broad SMARTS) is 1. The molecule has 1 aliphatic rings. The van der Waals surface area contributed by atoms with Gasteiger partial charge in [-0.05, 0) is 6.42 Å². The molecule has 1 N–H and O–H groups in total. The number of hydrogen-bond donors (Lipinski definition) is 1. The highest BCUT2D eigenvalue weighted by Gasteiger charge is 2.30. The first-order chi connectivity index (χ1) is 7.72. The van der Waals surface area contributed by atoms with Gasteiger partial charge in [-0.1, -0.05) is 0 Å². The van der Waals surface area contributed by atoms with Gasteiger partial charge in [0.05, 0.1) is 5.92 Å². The van der Waals surface area contributed by atoms with Crippen molar-refractivity contribution < 1.29 is 9.90 Å². The normalized spacial score (nSPS) is 19.4. The average molecular weight is 218 g/mol. The fraction of sp³-hybridized carbons (Fsp3) is 0.400. The highest BCUT2D eigenvalue weighted by Crippen LogP contribution is 2.23. The van der Waals surface area contributed by atoms with Gasteiger partial charge in [0.1, 0.15) is 6.07 Å². The maximum atomic E-state index is 10.8. The average Bonchev–Trinajstić information content (AvgIpc) is 2.78. The summed E-state index contributed by atoms with van der Waals surface area (Å²) in [5.41, 5.74) is 0.244. The molecule has 1 atom stereocenters. The van der Waals surface area contributed by atoms with Crippen molar-refractivity contribution in [3.8, 4) is 6.07 Å². The Labute approximate surface area is 92.2 Å². The summed E-state index contributed by atoms with van der Waals surface area (Å²) in [6.07, 6.45) is 3.54. The number of carboxylic acids is 1. The molecule has 82 valence electrons. The van der Waals surface area contributed by atoms with E-state index in [-0.39, 0.29) is 11.6 Å². The van der Waals surface area contributed by atoms with Crippen molar-refractivity contribution in [1.82, 2.24) is 9.97 Å². The van der Waals surface area contributed by atoms with Gasteiger partial charge in [0.2, 0.25) is 0 Å². The Hall–Kier alpha value is -2.16. The first kappa shape index (κ1) is 10.4. The van der Waals surface area contributed by atoms with E-state index >= 15 is 0 Å². The summed E-state index contributed by atoms with van der Waals surface area (Å²) in [6, 6.07) is 1.95. The number of nitriles is 1. The highest BCUT2D eigenvalue weighted by molar-refractivity contribution is 5.72. The lowest BCUT2D eigenvalue weighted by Crippen LogP contribution is -2.24. The van der Waals surface area contributed by atoms with Crippen LogP contribution in [0.1, 0.15) is 12.1 Å². The predicted molar refractivity (Wildman–Crippen MR) is 54.7 cm³/mol. The Morgan fingerprint density at radius 3 is 2.94 bits per heavy atom. The highest BCUT2D eigenvalue weighted by atomic mass is 16.4. The fourth-order valence-corrected chi connectivity index (χ4v) is 1.80. The molecule has 0 saturated carbocycles. The SMILES string of the molecule is N#Cc1nccnc1N1CCC(C(=O)O)C1. The second-order valence-electron chi connectivity index (χ2n) is 3.61. The van der Waals surface area contributed by atoms with Crippen LogP contribution >= 0.6 is 0 Å². The van der Waals surface area contributed by atoms with Crippen molar-refractivity contribution in [3.63, 3.8) is 0 Å². The molecule has 6 nitrogen and oxygen atoms in total. The summed E-state index contributed by atoms with van der Waals surface area (Å²) in [5.74, 6) is -0.702. The Balaban J connectivity index is 2.21. The standard InChI is InChI=1S/C10H10N4O2/c11-5-8-9(13-3-2-12-8)14-4-1-7(6-14)10(15)16/h2-3,7H,1,4,6H2,(H,15,16). The second kappa shape index (κ2) is 4.14. The van der Waals surface area contributed by atoms with Gasteiger partial charge in [0.15, 0.2) is 11.5 Å². The van der Waals surface area contributed by atoms with Crippen molar-refractivity contribution in [2.45, 2.75) is 6.42 Å². The quantitative estimate of drug-likeness (QED) is 0.765. The molecular weight excluding hydrogens is 208 g/mol. The molecule has 2 rings (SSSR count). The maximum absolute atomic E-state index is 10.8. The van der Waals surface area contributed by atoms with Crippen molar-refractivity contribution in [3.05, 3.63) is 18.1 Å². The topological polar surface area (TPSA) is 90.1 Å². The Bertz CT molecular complexity index is 454. The fourth-order valence-electron chi connectivity index (χ4n) is 1.80. The van der Waals surface area contributed by atoms with Gasteiger partial charge in [-0.3, -0.25) is 4.79 Å². The molecule has 1 aliphatic heterocycles. The van der Waals surface area contributed by atoms with E-state index in [1.54, 1.807) is 4.90 Å². The number of rotatable bonds is 2. The van der Waals surface area contributed by atoms with Crippen LogP contribution in [0.4, 0.5) is 5.82 Å². The molecule has 2 heterocycles. The number of hydrogen-bond acceptors (Lipinski definition) is 5. The predicted octanol–water partition coefficient (Wildman–Crippen LogP) is 0.259. The Morgan fingerprint density at radius 2 is 2.31 bits per heavy atom.